The lowest BCUT2D eigenvalue weighted by Gasteiger charge is -2.25. The Morgan fingerprint density at radius 1 is 1.03 bits per heavy atom. The first-order chi connectivity index (χ1) is 14.0. The standard InChI is InChI=1S/C22H25N3O4/c23-20(26)18(14-16-8-3-1-4-9-16)24-21(27)19-12-7-13-25(19)22(28)29-15-17-10-5-2-6-11-17/h1-6,8-11,18-19H,7,12-15H2,(H2,23,26)(H,24,27)/t18-,19+/m0/s1. The molecule has 152 valence electrons. The maximum absolute atomic E-state index is 12.8. The zero-order chi connectivity index (χ0) is 20.6. The van der Waals surface area contributed by atoms with Crippen molar-refractivity contribution in [3.05, 3.63) is 71.8 Å². The van der Waals surface area contributed by atoms with E-state index < -0.39 is 24.1 Å². The van der Waals surface area contributed by atoms with Crippen LogP contribution in [0.1, 0.15) is 24.0 Å². The monoisotopic (exact) mass is 395 g/mol. The number of nitrogens with one attached hydrogen (secondary N) is 1. The Hall–Kier alpha value is -3.35. The highest BCUT2D eigenvalue weighted by Gasteiger charge is 2.36. The fraction of sp³-hybridized carbons (Fsp3) is 0.318. The average molecular weight is 395 g/mol. The topological polar surface area (TPSA) is 102 Å². The highest BCUT2D eigenvalue weighted by molar-refractivity contribution is 5.91. The molecule has 0 spiro atoms. The first kappa shape index (κ1) is 20.4. The van der Waals surface area contributed by atoms with Gasteiger partial charge in [0.1, 0.15) is 18.7 Å². The summed E-state index contributed by atoms with van der Waals surface area (Å²) in [6.45, 7) is 0.577. The van der Waals surface area contributed by atoms with Crippen LogP contribution in [-0.4, -0.2) is 41.4 Å². The molecule has 1 heterocycles. The van der Waals surface area contributed by atoms with Crippen LogP contribution in [0.25, 0.3) is 0 Å². The molecule has 0 saturated carbocycles. The number of hydrogen-bond acceptors (Lipinski definition) is 4. The van der Waals surface area contributed by atoms with Crippen molar-refractivity contribution in [1.29, 1.82) is 0 Å². The molecule has 2 aromatic carbocycles. The van der Waals surface area contributed by atoms with Gasteiger partial charge in [-0.15, -0.1) is 0 Å². The molecule has 0 radical (unpaired) electrons. The summed E-state index contributed by atoms with van der Waals surface area (Å²) in [6.07, 6.45) is 0.972. The van der Waals surface area contributed by atoms with Crippen LogP contribution in [0.4, 0.5) is 4.79 Å². The number of hydrogen-bond donors (Lipinski definition) is 2. The van der Waals surface area contributed by atoms with E-state index in [1.165, 1.54) is 4.90 Å². The van der Waals surface area contributed by atoms with E-state index in [1.807, 2.05) is 60.7 Å². The molecule has 0 bridgehead atoms. The van der Waals surface area contributed by atoms with Crippen LogP contribution in [0.15, 0.2) is 60.7 Å². The lowest BCUT2D eigenvalue weighted by Crippen LogP contribution is -2.53. The molecule has 29 heavy (non-hydrogen) atoms. The Morgan fingerprint density at radius 2 is 1.66 bits per heavy atom. The van der Waals surface area contributed by atoms with Gasteiger partial charge in [0.2, 0.25) is 11.8 Å². The number of nitrogens with zero attached hydrogens (tertiary/aromatic N) is 1. The van der Waals surface area contributed by atoms with Crippen molar-refractivity contribution in [3.8, 4) is 0 Å². The van der Waals surface area contributed by atoms with Crippen molar-refractivity contribution in [2.75, 3.05) is 6.54 Å². The van der Waals surface area contributed by atoms with Gasteiger partial charge >= 0.3 is 6.09 Å². The molecular formula is C22H25N3O4. The Kier molecular flexibility index (Phi) is 6.84. The van der Waals surface area contributed by atoms with Gasteiger partial charge in [-0.05, 0) is 24.0 Å². The fourth-order valence-corrected chi connectivity index (χ4v) is 3.40. The summed E-state index contributed by atoms with van der Waals surface area (Å²) < 4.78 is 5.36. The van der Waals surface area contributed by atoms with Crippen molar-refractivity contribution >= 4 is 17.9 Å². The summed E-state index contributed by atoms with van der Waals surface area (Å²) in [5, 5.41) is 2.70. The van der Waals surface area contributed by atoms with Gasteiger partial charge in [-0.2, -0.15) is 0 Å². The smallest absolute Gasteiger partial charge is 0.410 e. The van der Waals surface area contributed by atoms with E-state index in [4.69, 9.17) is 10.5 Å². The first-order valence-electron chi connectivity index (χ1n) is 9.65. The van der Waals surface area contributed by atoms with Crippen molar-refractivity contribution in [2.45, 2.75) is 38.0 Å². The Bertz CT molecular complexity index is 842. The van der Waals surface area contributed by atoms with Crippen molar-refractivity contribution < 1.29 is 19.1 Å². The van der Waals surface area contributed by atoms with E-state index in [9.17, 15) is 14.4 Å². The summed E-state index contributed by atoms with van der Waals surface area (Å²) in [7, 11) is 0. The summed E-state index contributed by atoms with van der Waals surface area (Å²) in [4.78, 5) is 38.5. The maximum Gasteiger partial charge on any atom is 0.410 e. The largest absolute Gasteiger partial charge is 0.445 e. The maximum atomic E-state index is 12.8. The molecule has 2 aromatic rings. The molecule has 0 aromatic heterocycles. The van der Waals surface area contributed by atoms with Crippen LogP contribution in [0.2, 0.25) is 0 Å². The van der Waals surface area contributed by atoms with E-state index in [0.29, 0.717) is 25.8 Å². The molecule has 1 saturated heterocycles. The van der Waals surface area contributed by atoms with Crippen LogP contribution in [0, 0.1) is 0 Å². The van der Waals surface area contributed by atoms with Gasteiger partial charge in [0.15, 0.2) is 0 Å². The molecule has 1 fully saturated rings. The molecule has 0 unspecified atom stereocenters. The Labute approximate surface area is 169 Å². The predicted octanol–water partition coefficient (Wildman–Crippen LogP) is 2.00. The number of rotatable bonds is 7. The third kappa shape index (κ3) is 5.57. The zero-order valence-electron chi connectivity index (χ0n) is 16.1. The minimum Gasteiger partial charge on any atom is -0.445 e. The molecule has 1 aliphatic rings. The van der Waals surface area contributed by atoms with E-state index in [1.54, 1.807) is 0 Å². The Morgan fingerprint density at radius 3 is 2.28 bits per heavy atom. The second kappa shape index (κ2) is 9.73. The fourth-order valence-electron chi connectivity index (χ4n) is 3.40. The van der Waals surface area contributed by atoms with Crippen molar-refractivity contribution in [2.24, 2.45) is 5.73 Å². The van der Waals surface area contributed by atoms with Crippen molar-refractivity contribution in [3.63, 3.8) is 0 Å². The number of carbonyl (C=O) groups excluding carboxylic acids is 3. The normalized spacial score (nSPS) is 16.8. The first-order valence-corrected chi connectivity index (χ1v) is 9.65. The third-order valence-electron chi connectivity index (χ3n) is 4.94. The molecule has 3 amide bonds. The number of amides is 3. The van der Waals surface area contributed by atoms with Crippen LogP contribution in [0.5, 0.6) is 0 Å². The zero-order valence-corrected chi connectivity index (χ0v) is 16.1. The highest BCUT2D eigenvalue weighted by Crippen LogP contribution is 2.19. The number of benzene rings is 2. The van der Waals surface area contributed by atoms with E-state index in [2.05, 4.69) is 5.32 Å². The lowest BCUT2D eigenvalue weighted by molar-refractivity contribution is -0.130. The summed E-state index contributed by atoms with van der Waals surface area (Å²) >= 11 is 0. The average Bonchev–Trinajstić information content (AvgIpc) is 3.23. The van der Waals surface area contributed by atoms with Gasteiger partial charge in [-0.25, -0.2) is 4.79 Å². The summed E-state index contributed by atoms with van der Waals surface area (Å²) in [6, 6.07) is 17.2. The molecular weight excluding hydrogens is 370 g/mol. The van der Waals surface area contributed by atoms with Crippen molar-refractivity contribution in [1.82, 2.24) is 10.2 Å². The minimum atomic E-state index is -0.840. The number of likely N-dealkylation sites (tertiary alicyclic amines) is 1. The van der Waals surface area contributed by atoms with Gasteiger partial charge in [-0.1, -0.05) is 60.7 Å². The Balaban J connectivity index is 1.59. The van der Waals surface area contributed by atoms with E-state index in [-0.39, 0.29) is 12.5 Å². The van der Waals surface area contributed by atoms with E-state index in [0.717, 1.165) is 11.1 Å². The lowest BCUT2D eigenvalue weighted by atomic mass is 10.0. The number of carbonyl (C=O) groups is 3. The molecule has 1 aliphatic heterocycles. The summed E-state index contributed by atoms with van der Waals surface area (Å²) in [5.41, 5.74) is 7.24. The van der Waals surface area contributed by atoms with Gasteiger partial charge in [-0.3, -0.25) is 14.5 Å². The summed E-state index contributed by atoms with van der Waals surface area (Å²) in [5.74, 6) is -1.00. The van der Waals surface area contributed by atoms with Gasteiger partial charge in [0.05, 0.1) is 0 Å². The minimum absolute atomic E-state index is 0.141. The highest BCUT2D eigenvalue weighted by atomic mass is 16.6. The van der Waals surface area contributed by atoms with E-state index >= 15 is 0 Å². The van der Waals surface area contributed by atoms with Gasteiger partial charge in [0, 0.05) is 13.0 Å². The SMILES string of the molecule is NC(=O)[C@H](Cc1ccccc1)NC(=O)[C@H]1CCCN1C(=O)OCc1ccccc1. The van der Waals surface area contributed by atoms with Crippen LogP contribution < -0.4 is 11.1 Å². The molecule has 0 aliphatic carbocycles. The van der Waals surface area contributed by atoms with Crippen LogP contribution in [-0.2, 0) is 27.4 Å². The third-order valence-corrected chi connectivity index (χ3v) is 4.94. The predicted molar refractivity (Wildman–Crippen MR) is 108 cm³/mol. The molecule has 3 N–H and O–H groups in total. The molecule has 7 nitrogen and oxygen atoms in total. The molecule has 7 heteroatoms. The molecule has 3 rings (SSSR count). The number of primary amides is 1. The second-order valence-corrected chi connectivity index (χ2v) is 7.04. The second-order valence-electron chi connectivity index (χ2n) is 7.04. The van der Waals surface area contributed by atoms with Crippen LogP contribution >= 0.6 is 0 Å². The van der Waals surface area contributed by atoms with Gasteiger partial charge in [0.25, 0.3) is 0 Å². The number of ether oxygens (including phenoxy) is 1. The number of nitrogens with two attached hydrogens (primary N) is 1. The molecule has 2 atom stereocenters. The van der Waals surface area contributed by atoms with Gasteiger partial charge < -0.3 is 15.8 Å². The quantitative estimate of drug-likeness (QED) is 0.749. The van der Waals surface area contributed by atoms with Crippen LogP contribution in [0.3, 0.4) is 0 Å².